The third-order valence-corrected chi connectivity index (χ3v) is 3.83. The molecule has 0 heterocycles. The fourth-order valence-electron chi connectivity index (χ4n) is 1.47. The van der Waals surface area contributed by atoms with Crippen molar-refractivity contribution < 1.29 is 30.4 Å². The molecule has 0 aromatic heterocycles. The molecule has 0 bridgehead atoms. The van der Waals surface area contributed by atoms with Crippen LogP contribution in [0.1, 0.15) is 13.3 Å². The van der Waals surface area contributed by atoms with Gasteiger partial charge in [0.25, 0.3) is 0 Å². The molecule has 1 aromatic rings. The van der Waals surface area contributed by atoms with Crippen molar-refractivity contribution in [2.24, 2.45) is 0 Å². The average molecular weight is 332 g/mol. The van der Waals surface area contributed by atoms with Gasteiger partial charge in [-0.15, -0.1) is 0 Å². The van der Waals surface area contributed by atoms with Gasteiger partial charge < -0.3 is 5.32 Å². The summed E-state index contributed by atoms with van der Waals surface area (Å²) in [4.78, 5) is 0. The molecular formula is C11H13F5N2O2S. The van der Waals surface area contributed by atoms with Gasteiger partial charge in [0.1, 0.15) is 5.69 Å². The Balaban J connectivity index is 2.98. The van der Waals surface area contributed by atoms with Gasteiger partial charge in [-0.05, 0) is 19.5 Å². The Morgan fingerprint density at radius 3 is 1.86 bits per heavy atom. The van der Waals surface area contributed by atoms with Gasteiger partial charge in [0.2, 0.25) is 15.8 Å². The fraction of sp³-hybridized carbons (Fsp3) is 0.455. The van der Waals surface area contributed by atoms with Crippen molar-refractivity contribution >= 4 is 15.7 Å². The Bertz CT molecular complexity index is 593. The zero-order valence-corrected chi connectivity index (χ0v) is 11.8. The van der Waals surface area contributed by atoms with Crippen LogP contribution in [0.3, 0.4) is 0 Å². The molecule has 1 rings (SSSR count). The fourth-order valence-corrected chi connectivity index (χ4v) is 2.58. The zero-order chi connectivity index (χ0) is 16.2. The van der Waals surface area contributed by atoms with E-state index in [4.69, 9.17) is 0 Å². The normalized spacial score (nSPS) is 11.7. The maximum Gasteiger partial charge on any atom is 0.232 e. The van der Waals surface area contributed by atoms with E-state index in [0.29, 0.717) is 13.1 Å². The molecule has 0 aliphatic rings. The van der Waals surface area contributed by atoms with Crippen molar-refractivity contribution in [3.63, 3.8) is 0 Å². The maximum atomic E-state index is 13.3. The van der Waals surface area contributed by atoms with Crippen LogP contribution in [0, 0.1) is 29.1 Å². The van der Waals surface area contributed by atoms with Gasteiger partial charge >= 0.3 is 0 Å². The van der Waals surface area contributed by atoms with E-state index in [1.807, 2.05) is 0 Å². The maximum absolute atomic E-state index is 13.3. The molecule has 0 saturated heterocycles. The van der Waals surface area contributed by atoms with Gasteiger partial charge in [0.15, 0.2) is 23.3 Å². The van der Waals surface area contributed by atoms with E-state index >= 15 is 0 Å². The summed E-state index contributed by atoms with van der Waals surface area (Å²) in [7, 11) is -4.23. The van der Waals surface area contributed by atoms with E-state index in [1.54, 1.807) is 6.92 Å². The molecule has 0 fully saturated rings. The van der Waals surface area contributed by atoms with E-state index in [9.17, 15) is 30.4 Å². The van der Waals surface area contributed by atoms with Gasteiger partial charge in [0, 0.05) is 0 Å². The first-order chi connectivity index (χ1) is 9.71. The minimum absolute atomic E-state index is 0.110. The van der Waals surface area contributed by atoms with Gasteiger partial charge in [-0.1, -0.05) is 6.92 Å². The predicted molar refractivity (Wildman–Crippen MR) is 66.8 cm³/mol. The van der Waals surface area contributed by atoms with Gasteiger partial charge in [0.05, 0.1) is 5.75 Å². The standard InChI is InChI=1S/C11H13F5N2O2S/c1-2-17-4-3-5-21(19,20)18-11-9(15)7(13)6(12)8(14)10(11)16/h17-18H,2-5H2,1H3. The minimum Gasteiger partial charge on any atom is -0.317 e. The van der Waals surface area contributed by atoms with Gasteiger partial charge in [-0.2, -0.15) is 0 Å². The zero-order valence-electron chi connectivity index (χ0n) is 10.9. The van der Waals surface area contributed by atoms with E-state index in [1.165, 1.54) is 4.72 Å². The molecule has 0 atom stereocenters. The topological polar surface area (TPSA) is 58.2 Å². The van der Waals surface area contributed by atoms with Crippen LogP contribution in [0.5, 0.6) is 0 Å². The average Bonchev–Trinajstić information content (AvgIpc) is 2.44. The van der Waals surface area contributed by atoms with E-state index in [2.05, 4.69) is 5.32 Å². The third kappa shape index (κ3) is 4.27. The highest BCUT2D eigenvalue weighted by Crippen LogP contribution is 2.27. The molecule has 10 heteroatoms. The third-order valence-electron chi connectivity index (χ3n) is 2.48. The van der Waals surface area contributed by atoms with Crippen molar-refractivity contribution in [2.45, 2.75) is 13.3 Å². The highest BCUT2D eigenvalue weighted by Gasteiger charge is 2.28. The lowest BCUT2D eigenvalue weighted by Crippen LogP contribution is -2.23. The molecule has 0 unspecified atom stereocenters. The van der Waals surface area contributed by atoms with Crippen molar-refractivity contribution in [1.29, 1.82) is 0 Å². The van der Waals surface area contributed by atoms with Crippen LogP contribution in [-0.4, -0.2) is 27.3 Å². The summed E-state index contributed by atoms with van der Waals surface area (Å²) in [6, 6.07) is 0. The first kappa shape index (κ1) is 17.6. The van der Waals surface area contributed by atoms with Crippen molar-refractivity contribution in [1.82, 2.24) is 5.32 Å². The van der Waals surface area contributed by atoms with Crippen LogP contribution >= 0.6 is 0 Å². The Morgan fingerprint density at radius 2 is 1.38 bits per heavy atom. The van der Waals surface area contributed by atoms with Crippen LogP contribution in [0.4, 0.5) is 27.6 Å². The summed E-state index contributed by atoms with van der Waals surface area (Å²) in [6.45, 7) is 2.72. The minimum atomic E-state index is -4.23. The van der Waals surface area contributed by atoms with Crippen LogP contribution < -0.4 is 10.0 Å². The lowest BCUT2D eigenvalue weighted by molar-refractivity contribution is 0.382. The van der Waals surface area contributed by atoms with Crippen molar-refractivity contribution in [3.05, 3.63) is 29.1 Å². The lowest BCUT2D eigenvalue weighted by Gasteiger charge is -2.11. The summed E-state index contributed by atoms with van der Waals surface area (Å²) in [5.74, 6) is -11.7. The number of hydrogen-bond donors (Lipinski definition) is 2. The molecule has 0 spiro atoms. The first-order valence-electron chi connectivity index (χ1n) is 5.94. The smallest absolute Gasteiger partial charge is 0.232 e. The van der Waals surface area contributed by atoms with E-state index in [0.717, 1.165) is 0 Å². The number of halogens is 5. The monoisotopic (exact) mass is 332 g/mol. The summed E-state index contributed by atoms with van der Waals surface area (Å²) >= 11 is 0. The van der Waals surface area contributed by atoms with Crippen LogP contribution in [0.15, 0.2) is 0 Å². The van der Waals surface area contributed by atoms with Gasteiger partial charge in [-0.3, -0.25) is 4.72 Å². The number of sulfonamides is 1. The molecule has 0 amide bonds. The first-order valence-corrected chi connectivity index (χ1v) is 7.59. The second-order valence-corrected chi connectivity index (χ2v) is 5.91. The largest absolute Gasteiger partial charge is 0.317 e. The van der Waals surface area contributed by atoms with E-state index < -0.39 is 50.5 Å². The van der Waals surface area contributed by atoms with Crippen LogP contribution in [-0.2, 0) is 10.0 Å². The Kier molecular flexibility index (Phi) is 5.90. The SMILES string of the molecule is CCNCCCS(=O)(=O)Nc1c(F)c(F)c(F)c(F)c1F. The summed E-state index contributed by atoms with van der Waals surface area (Å²) in [6.07, 6.45) is 0.110. The highest BCUT2D eigenvalue weighted by atomic mass is 32.2. The Morgan fingerprint density at radius 1 is 0.905 bits per heavy atom. The Labute approximate surface area is 118 Å². The molecule has 21 heavy (non-hydrogen) atoms. The van der Waals surface area contributed by atoms with Crippen LogP contribution in [0.25, 0.3) is 0 Å². The molecular weight excluding hydrogens is 319 g/mol. The highest BCUT2D eigenvalue weighted by molar-refractivity contribution is 7.92. The number of anilines is 1. The summed E-state index contributed by atoms with van der Waals surface area (Å²) in [5, 5.41) is 2.82. The molecule has 120 valence electrons. The number of hydrogen-bond acceptors (Lipinski definition) is 3. The van der Waals surface area contributed by atoms with Crippen LogP contribution in [0.2, 0.25) is 0 Å². The summed E-state index contributed by atoms with van der Waals surface area (Å²) < 4.78 is 89.8. The van der Waals surface area contributed by atoms with Crippen molar-refractivity contribution in [2.75, 3.05) is 23.6 Å². The second kappa shape index (κ2) is 7.03. The molecule has 0 saturated carbocycles. The quantitative estimate of drug-likeness (QED) is 0.348. The molecule has 4 nitrogen and oxygen atoms in total. The lowest BCUT2D eigenvalue weighted by atomic mass is 10.2. The Hall–Kier alpha value is -1.42. The molecule has 0 radical (unpaired) electrons. The molecule has 0 aliphatic carbocycles. The summed E-state index contributed by atoms with van der Waals surface area (Å²) in [5.41, 5.74) is -1.57. The number of benzene rings is 1. The second-order valence-electron chi connectivity index (χ2n) is 4.07. The predicted octanol–water partition coefficient (Wildman–Crippen LogP) is 2.12. The van der Waals surface area contributed by atoms with E-state index in [-0.39, 0.29) is 6.42 Å². The number of nitrogens with one attached hydrogen (secondary N) is 2. The number of rotatable bonds is 7. The van der Waals surface area contributed by atoms with Crippen molar-refractivity contribution in [3.8, 4) is 0 Å². The molecule has 2 N–H and O–H groups in total. The molecule has 0 aliphatic heterocycles. The van der Waals surface area contributed by atoms with Gasteiger partial charge in [-0.25, -0.2) is 30.4 Å². The molecule has 1 aromatic carbocycles.